The number of hydrogen-bond donors (Lipinski definition) is 1. The molecule has 1 unspecified atom stereocenters. The molecule has 20 heavy (non-hydrogen) atoms. The van der Waals surface area contributed by atoms with Crippen molar-refractivity contribution in [3.8, 4) is 0 Å². The third kappa shape index (κ3) is 3.08. The van der Waals surface area contributed by atoms with Gasteiger partial charge in [0.05, 0.1) is 10.9 Å². The quantitative estimate of drug-likeness (QED) is 0.905. The van der Waals surface area contributed by atoms with Gasteiger partial charge in [0.15, 0.2) is 0 Å². The van der Waals surface area contributed by atoms with Crippen molar-refractivity contribution in [2.45, 2.75) is 24.8 Å². The van der Waals surface area contributed by atoms with Gasteiger partial charge in [0.25, 0.3) is 0 Å². The van der Waals surface area contributed by atoms with Gasteiger partial charge in [0.1, 0.15) is 12.2 Å². The molecule has 8 heteroatoms. The highest BCUT2D eigenvalue weighted by Gasteiger charge is 2.22. The molecule has 1 atom stereocenters. The molecule has 0 aliphatic rings. The van der Waals surface area contributed by atoms with Crippen LogP contribution in [0.4, 0.5) is 0 Å². The molecule has 1 heterocycles. The van der Waals surface area contributed by atoms with Gasteiger partial charge in [0.2, 0.25) is 10.0 Å². The Morgan fingerprint density at radius 2 is 2.10 bits per heavy atom. The summed E-state index contributed by atoms with van der Waals surface area (Å²) in [6, 6.07) is 4.68. The molecule has 1 aromatic carbocycles. The maximum absolute atomic E-state index is 12.4. The molecule has 0 radical (unpaired) electrons. The number of aromatic nitrogens is 3. The largest absolute Gasteiger partial charge is 0.319 e. The van der Waals surface area contributed by atoms with Crippen LogP contribution in [0, 0.1) is 6.92 Å². The van der Waals surface area contributed by atoms with Gasteiger partial charge in [-0.25, -0.2) is 13.1 Å². The second-order valence-corrected chi connectivity index (χ2v) is 7.15. The first kappa shape index (κ1) is 15.1. The molecule has 0 spiro atoms. The fourth-order valence-corrected chi connectivity index (χ4v) is 3.88. The lowest BCUT2D eigenvalue weighted by Gasteiger charge is -2.15. The zero-order valence-corrected chi connectivity index (χ0v) is 13.7. The summed E-state index contributed by atoms with van der Waals surface area (Å²) in [6.07, 6.45) is 1.53. The van der Waals surface area contributed by atoms with Crippen LogP contribution in [0.5, 0.6) is 0 Å². The van der Waals surface area contributed by atoms with E-state index in [4.69, 9.17) is 0 Å². The molecule has 108 valence electrons. The van der Waals surface area contributed by atoms with E-state index in [0.29, 0.717) is 11.4 Å². The van der Waals surface area contributed by atoms with E-state index in [0.717, 1.165) is 4.47 Å². The van der Waals surface area contributed by atoms with Crippen molar-refractivity contribution >= 4 is 26.0 Å². The SMILES string of the molecule is Cc1ccc(Br)cc1S(=O)(=O)NC(C)c1nncn1C. The summed E-state index contributed by atoms with van der Waals surface area (Å²) in [5.74, 6) is 0.557. The summed E-state index contributed by atoms with van der Waals surface area (Å²) in [6.45, 7) is 3.49. The van der Waals surface area contributed by atoms with E-state index in [2.05, 4.69) is 30.8 Å². The third-order valence-corrected chi connectivity index (χ3v) is 5.08. The van der Waals surface area contributed by atoms with Gasteiger partial charge in [-0.3, -0.25) is 0 Å². The van der Waals surface area contributed by atoms with Gasteiger partial charge in [0, 0.05) is 11.5 Å². The fraction of sp³-hybridized carbons (Fsp3) is 0.333. The monoisotopic (exact) mass is 358 g/mol. The number of benzene rings is 1. The number of nitrogens with zero attached hydrogens (tertiary/aromatic N) is 3. The molecule has 6 nitrogen and oxygen atoms in total. The lowest BCUT2D eigenvalue weighted by atomic mass is 10.2. The minimum Gasteiger partial charge on any atom is -0.319 e. The minimum absolute atomic E-state index is 0.251. The van der Waals surface area contributed by atoms with Crippen molar-refractivity contribution in [2.75, 3.05) is 0 Å². The van der Waals surface area contributed by atoms with E-state index < -0.39 is 16.1 Å². The van der Waals surface area contributed by atoms with Crippen LogP contribution in [0.3, 0.4) is 0 Å². The molecule has 0 saturated carbocycles. The second-order valence-electron chi connectivity index (χ2n) is 4.55. The number of aryl methyl sites for hydroxylation is 2. The first-order chi connectivity index (χ1) is 9.31. The molecule has 0 amide bonds. The Morgan fingerprint density at radius 1 is 1.40 bits per heavy atom. The minimum atomic E-state index is -3.62. The third-order valence-electron chi connectivity index (χ3n) is 2.91. The van der Waals surface area contributed by atoms with Gasteiger partial charge in [-0.2, -0.15) is 0 Å². The lowest BCUT2D eigenvalue weighted by molar-refractivity contribution is 0.552. The molecule has 0 aliphatic heterocycles. The molecule has 2 aromatic rings. The van der Waals surface area contributed by atoms with Gasteiger partial charge in [-0.05, 0) is 31.5 Å². The summed E-state index contributed by atoms with van der Waals surface area (Å²) in [4.78, 5) is 0.251. The molecule has 1 N–H and O–H groups in total. The Kier molecular flexibility index (Phi) is 4.26. The van der Waals surface area contributed by atoms with E-state index >= 15 is 0 Å². The van der Waals surface area contributed by atoms with Crippen molar-refractivity contribution < 1.29 is 8.42 Å². The van der Waals surface area contributed by atoms with Crippen LogP contribution < -0.4 is 4.72 Å². The predicted molar refractivity (Wildman–Crippen MR) is 78.6 cm³/mol. The maximum atomic E-state index is 12.4. The van der Waals surface area contributed by atoms with Gasteiger partial charge < -0.3 is 4.57 Å². The number of halogens is 1. The van der Waals surface area contributed by atoms with Crippen LogP contribution in [0.15, 0.2) is 33.9 Å². The summed E-state index contributed by atoms with van der Waals surface area (Å²) in [5.41, 5.74) is 0.686. The normalized spacial score (nSPS) is 13.4. The predicted octanol–water partition coefficient (Wildman–Crippen LogP) is 1.93. The summed E-state index contributed by atoms with van der Waals surface area (Å²) >= 11 is 3.29. The zero-order chi connectivity index (χ0) is 14.9. The lowest BCUT2D eigenvalue weighted by Crippen LogP contribution is -2.29. The van der Waals surface area contributed by atoms with E-state index in [1.807, 2.05) is 0 Å². The van der Waals surface area contributed by atoms with Crippen molar-refractivity contribution in [1.82, 2.24) is 19.5 Å². The van der Waals surface area contributed by atoms with Crippen LogP contribution in [0.25, 0.3) is 0 Å². The highest BCUT2D eigenvalue weighted by molar-refractivity contribution is 9.10. The summed E-state index contributed by atoms with van der Waals surface area (Å²) in [5, 5.41) is 7.66. The maximum Gasteiger partial charge on any atom is 0.241 e. The Morgan fingerprint density at radius 3 is 2.70 bits per heavy atom. The Labute approximate surface area is 126 Å². The highest BCUT2D eigenvalue weighted by atomic mass is 79.9. The van der Waals surface area contributed by atoms with Crippen LogP contribution in [-0.2, 0) is 17.1 Å². The molecule has 0 aliphatic carbocycles. The molecular weight excluding hydrogens is 344 g/mol. The molecule has 1 aromatic heterocycles. The first-order valence-corrected chi connectivity index (χ1v) is 8.21. The van der Waals surface area contributed by atoms with Crippen LogP contribution in [0.1, 0.15) is 24.4 Å². The van der Waals surface area contributed by atoms with Crippen LogP contribution >= 0.6 is 15.9 Å². The fourth-order valence-electron chi connectivity index (χ4n) is 1.90. The molecule has 2 rings (SSSR count). The number of sulfonamides is 1. The van der Waals surface area contributed by atoms with E-state index in [1.54, 1.807) is 43.7 Å². The Hall–Kier alpha value is -1.25. The first-order valence-electron chi connectivity index (χ1n) is 5.93. The molecule has 0 fully saturated rings. The standard InChI is InChI=1S/C12H15BrN4O2S/c1-8-4-5-10(13)6-11(8)20(18,19)16-9(2)12-15-14-7-17(12)3/h4-7,9,16H,1-3H3. The van der Waals surface area contributed by atoms with Gasteiger partial charge in [-0.15, -0.1) is 10.2 Å². The van der Waals surface area contributed by atoms with E-state index in [-0.39, 0.29) is 4.90 Å². The average molecular weight is 359 g/mol. The average Bonchev–Trinajstić information content (AvgIpc) is 2.78. The number of hydrogen-bond acceptors (Lipinski definition) is 4. The number of rotatable bonds is 4. The molecular formula is C12H15BrN4O2S. The Bertz CT molecular complexity index is 727. The van der Waals surface area contributed by atoms with Crippen molar-refractivity contribution in [3.05, 3.63) is 40.4 Å². The van der Waals surface area contributed by atoms with Crippen molar-refractivity contribution in [3.63, 3.8) is 0 Å². The smallest absolute Gasteiger partial charge is 0.241 e. The highest BCUT2D eigenvalue weighted by Crippen LogP contribution is 2.22. The van der Waals surface area contributed by atoms with Crippen molar-refractivity contribution in [2.24, 2.45) is 7.05 Å². The zero-order valence-electron chi connectivity index (χ0n) is 11.3. The summed E-state index contributed by atoms with van der Waals surface area (Å²) in [7, 11) is -1.85. The molecule has 0 bridgehead atoms. The van der Waals surface area contributed by atoms with E-state index in [9.17, 15) is 8.42 Å². The summed E-state index contributed by atoms with van der Waals surface area (Å²) < 4.78 is 29.9. The Balaban J connectivity index is 2.32. The van der Waals surface area contributed by atoms with E-state index in [1.165, 1.54) is 6.33 Å². The number of nitrogens with one attached hydrogen (secondary N) is 1. The van der Waals surface area contributed by atoms with Crippen LogP contribution in [0.2, 0.25) is 0 Å². The van der Waals surface area contributed by atoms with Gasteiger partial charge in [-0.1, -0.05) is 22.0 Å². The van der Waals surface area contributed by atoms with Crippen LogP contribution in [-0.4, -0.2) is 23.2 Å². The van der Waals surface area contributed by atoms with Crippen molar-refractivity contribution in [1.29, 1.82) is 0 Å². The topological polar surface area (TPSA) is 76.9 Å². The molecule has 0 saturated heterocycles. The van der Waals surface area contributed by atoms with Gasteiger partial charge >= 0.3 is 0 Å². The second kappa shape index (κ2) is 5.63.